The standard InChI is InChI=1S/C16H15FO3/c1-10(16(19)20-2)11-6-7-14(15(17)9-11)12-4-3-5-13(18)8-12/h3-10,18H,1-2H3. The van der Waals surface area contributed by atoms with Crippen LogP contribution in [0.15, 0.2) is 42.5 Å². The van der Waals surface area contributed by atoms with Gasteiger partial charge in [-0.05, 0) is 36.2 Å². The molecule has 3 nitrogen and oxygen atoms in total. The molecule has 0 fully saturated rings. The summed E-state index contributed by atoms with van der Waals surface area (Å²) in [6, 6.07) is 11.0. The monoisotopic (exact) mass is 274 g/mol. The summed E-state index contributed by atoms with van der Waals surface area (Å²) in [5.41, 5.74) is 1.51. The Morgan fingerprint density at radius 2 is 2.00 bits per heavy atom. The Balaban J connectivity index is 2.38. The number of benzene rings is 2. The van der Waals surface area contributed by atoms with Gasteiger partial charge < -0.3 is 9.84 Å². The number of halogens is 1. The van der Waals surface area contributed by atoms with Crippen LogP contribution in [0.4, 0.5) is 4.39 Å². The molecular formula is C16H15FO3. The number of aromatic hydroxyl groups is 1. The molecule has 0 aliphatic rings. The molecule has 2 aromatic rings. The van der Waals surface area contributed by atoms with E-state index in [9.17, 15) is 14.3 Å². The molecule has 0 bridgehead atoms. The first kappa shape index (κ1) is 14.1. The summed E-state index contributed by atoms with van der Waals surface area (Å²) in [5.74, 6) is -1.29. The summed E-state index contributed by atoms with van der Waals surface area (Å²) in [6.07, 6.45) is 0. The normalized spacial score (nSPS) is 11.9. The second-order valence-electron chi connectivity index (χ2n) is 4.53. The van der Waals surface area contributed by atoms with Gasteiger partial charge in [0.05, 0.1) is 13.0 Å². The van der Waals surface area contributed by atoms with Gasteiger partial charge in [0.25, 0.3) is 0 Å². The minimum Gasteiger partial charge on any atom is -0.508 e. The van der Waals surface area contributed by atoms with E-state index in [1.54, 1.807) is 31.2 Å². The topological polar surface area (TPSA) is 46.5 Å². The minimum atomic E-state index is -0.521. The number of hydrogen-bond donors (Lipinski definition) is 1. The van der Waals surface area contributed by atoms with Gasteiger partial charge in [0, 0.05) is 5.56 Å². The highest BCUT2D eigenvalue weighted by Crippen LogP contribution is 2.28. The van der Waals surface area contributed by atoms with Gasteiger partial charge in [-0.2, -0.15) is 0 Å². The maximum atomic E-state index is 14.2. The maximum Gasteiger partial charge on any atom is 0.312 e. The zero-order valence-electron chi connectivity index (χ0n) is 11.3. The Kier molecular flexibility index (Phi) is 4.03. The van der Waals surface area contributed by atoms with Crippen LogP contribution in [0.3, 0.4) is 0 Å². The Morgan fingerprint density at radius 3 is 2.60 bits per heavy atom. The van der Waals surface area contributed by atoms with Crippen molar-refractivity contribution in [2.24, 2.45) is 0 Å². The lowest BCUT2D eigenvalue weighted by molar-refractivity contribution is -0.141. The summed E-state index contributed by atoms with van der Waals surface area (Å²) in [7, 11) is 1.30. The Hall–Kier alpha value is -2.36. The summed E-state index contributed by atoms with van der Waals surface area (Å²) in [5, 5.41) is 9.43. The van der Waals surface area contributed by atoms with Gasteiger partial charge in [-0.1, -0.05) is 24.3 Å². The molecule has 0 aromatic heterocycles. The number of ether oxygens (including phenoxy) is 1. The Labute approximate surface area is 116 Å². The molecular weight excluding hydrogens is 259 g/mol. The molecule has 0 amide bonds. The van der Waals surface area contributed by atoms with Crippen LogP contribution in [0.25, 0.3) is 11.1 Å². The van der Waals surface area contributed by atoms with E-state index in [4.69, 9.17) is 0 Å². The largest absolute Gasteiger partial charge is 0.508 e. The number of rotatable bonds is 3. The molecule has 2 aromatic carbocycles. The molecule has 2 rings (SSSR count). The highest BCUT2D eigenvalue weighted by Gasteiger charge is 2.17. The van der Waals surface area contributed by atoms with Crippen molar-refractivity contribution in [3.8, 4) is 16.9 Å². The van der Waals surface area contributed by atoms with Crippen LogP contribution in [-0.4, -0.2) is 18.2 Å². The number of esters is 1. The van der Waals surface area contributed by atoms with E-state index in [1.807, 2.05) is 0 Å². The van der Waals surface area contributed by atoms with Crippen molar-refractivity contribution in [2.45, 2.75) is 12.8 Å². The van der Waals surface area contributed by atoms with Crippen molar-refractivity contribution < 1.29 is 19.0 Å². The average Bonchev–Trinajstić information content (AvgIpc) is 2.45. The smallest absolute Gasteiger partial charge is 0.312 e. The van der Waals surface area contributed by atoms with Crippen molar-refractivity contribution in [1.29, 1.82) is 0 Å². The van der Waals surface area contributed by atoms with Crippen LogP contribution in [0.1, 0.15) is 18.4 Å². The van der Waals surface area contributed by atoms with Crippen LogP contribution < -0.4 is 0 Å². The molecule has 0 spiro atoms. The second-order valence-corrected chi connectivity index (χ2v) is 4.53. The van der Waals surface area contributed by atoms with E-state index >= 15 is 0 Å². The van der Waals surface area contributed by atoms with Gasteiger partial charge in [-0.25, -0.2) is 4.39 Å². The fourth-order valence-corrected chi connectivity index (χ4v) is 2.02. The van der Waals surface area contributed by atoms with Gasteiger partial charge in [0.2, 0.25) is 0 Å². The Bertz CT molecular complexity index is 637. The van der Waals surface area contributed by atoms with Crippen LogP contribution in [0.5, 0.6) is 5.75 Å². The molecule has 0 heterocycles. The van der Waals surface area contributed by atoms with E-state index in [-0.39, 0.29) is 5.75 Å². The molecule has 0 saturated carbocycles. The molecule has 104 valence electrons. The van der Waals surface area contributed by atoms with Crippen molar-refractivity contribution in [2.75, 3.05) is 7.11 Å². The highest BCUT2D eigenvalue weighted by molar-refractivity contribution is 5.78. The molecule has 0 aliphatic carbocycles. The lowest BCUT2D eigenvalue weighted by atomic mass is 9.97. The molecule has 4 heteroatoms. The molecule has 1 unspecified atom stereocenters. The van der Waals surface area contributed by atoms with E-state index in [0.717, 1.165) is 0 Å². The quantitative estimate of drug-likeness (QED) is 0.872. The van der Waals surface area contributed by atoms with Crippen molar-refractivity contribution in [1.82, 2.24) is 0 Å². The van der Waals surface area contributed by atoms with Gasteiger partial charge in [0.15, 0.2) is 0 Å². The third kappa shape index (κ3) is 2.79. The molecule has 1 atom stereocenters. The third-order valence-corrected chi connectivity index (χ3v) is 3.21. The van der Waals surface area contributed by atoms with Crippen LogP contribution in [0.2, 0.25) is 0 Å². The molecule has 0 radical (unpaired) electrons. The first-order valence-corrected chi connectivity index (χ1v) is 6.19. The van der Waals surface area contributed by atoms with E-state index in [2.05, 4.69) is 4.74 Å². The number of carbonyl (C=O) groups excluding carboxylic acids is 1. The van der Waals surface area contributed by atoms with Crippen molar-refractivity contribution in [3.63, 3.8) is 0 Å². The first-order valence-electron chi connectivity index (χ1n) is 6.19. The molecule has 1 N–H and O–H groups in total. The average molecular weight is 274 g/mol. The minimum absolute atomic E-state index is 0.0777. The van der Waals surface area contributed by atoms with E-state index in [1.165, 1.54) is 25.3 Å². The van der Waals surface area contributed by atoms with Gasteiger partial charge >= 0.3 is 5.97 Å². The lowest BCUT2D eigenvalue weighted by Crippen LogP contribution is -2.11. The second kappa shape index (κ2) is 5.74. The molecule has 20 heavy (non-hydrogen) atoms. The summed E-state index contributed by atoms with van der Waals surface area (Å²) < 4.78 is 18.8. The summed E-state index contributed by atoms with van der Waals surface area (Å²) in [6.45, 7) is 1.66. The SMILES string of the molecule is COC(=O)C(C)c1ccc(-c2cccc(O)c2)c(F)c1. The van der Waals surface area contributed by atoms with Gasteiger partial charge in [-0.15, -0.1) is 0 Å². The maximum absolute atomic E-state index is 14.2. The summed E-state index contributed by atoms with van der Waals surface area (Å²) >= 11 is 0. The number of phenolic OH excluding ortho intramolecular Hbond substituents is 1. The van der Waals surface area contributed by atoms with E-state index in [0.29, 0.717) is 16.7 Å². The van der Waals surface area contributed by atoms with Crippen LogP contribution in [0, 0.1) is 5.82 Å². The lowest BCUT2D eigenvalue weighted by Gasteiger charge is -2.11. The van der Waals surface area contributed by atoms with E-state index < -0.39 is 17.7 Å². The van der Waals surface area contributed by atoms with Gasteiger partial charge in [0.1, 0.15) is 11.6 Å². The predicted molar refractivity (Wildman–Crippen MR) is 73.9 cm³/mol. The van der Waals surface area contributed by atoms with Crippen LogP contribution in [-0.2, 0) is 9.53 Å². The Morgan fingerprint density at radius 1 is 1.25 bits per heavy atom. The third-order valence-electron chi connectivity index (χ3n) is 3.21. The number of phenols is 1. The molecule has 0 saturated heterocycles. The molecule has 0 aliphatic heterocycles. The summed E-state index contributed by atoms with van der Waals surface area (Å²) in [4.78, 5) is 11.4. The van der Waals surface area contributed by atoms with Crippen molar-refractivity contribution >= 4 is 5.97 Å². The van der Waals surface area contributed by atoms with Crippen LogP contribution >= 0.6 is 0 Å². The number of methoxy groups -OCH3 is 1. The van der Waals surface area contributed by atoms with Crippen molar-refractivity contribution in [3.05, 3.63) is 53.8 Å². The zero-order valence-corrected chi connectivity index (χ0v) is 11.3. The fraction of sp³-hybridized carbons (Fsp3) is 0.188. The van der Waals surface area contributed by atoms with Gasteiger partial charge in [-0.3, -0.25) is 4.79 Å². The first-order chi connectivity index (χ1) is 9.52. The number of carbonyl (C=O) groups is 1. The predicted octanol–water partition coefficient (Wildman–Crippen LogP) is 3.47. The number of hydrogen-bond acceptors (Lipinski definition) is 3. The zero-order chi connectivity index (χ0) is 14.7. The highest BCUT2D eigenvalue weighted by atomic mass is 19.1. The fourth-order valence-electron chi connectivity index (χ4n) is 2.02.